The molecule has 18 heavy (non-hydrogen) atoms. The van der Waals surface area contributed by atoms with E-state index in [4.69, 9.17) is 0 Å². The average molecular weight is 271 g/mol. The summed E-state index contributed by atoms with van der Waals surface area (Å²) in [6.45, 7) is 5.90. The molecule has 0 aliphatic rings. The summed E-state index contributed by atoms with van der Waals surface area (Å²) in [6.07, 6.45) is 1.10. The number of nitrogens with one attached hydrogen (secondary N) is 1. The average Bonchev–Trinajstić information content (AvgIpc) is 2.61. The van der Waals surface area contributed by atoms with Crippen LogP contribution in [0.5, 0.6) is 0 Å². The number of esters is 1. The minimum Gasteiger partial charge on any atom is -0.468 e. The molecule has 0 radical (unpaired) electrons. The summed E-state index contributed by atoms with van der Waals surface area (Å²) in [7, 11) is 3.30. The lowest BCUT2D eigenvalue weighted by molar-refractivity contribution is -0.137. The third-order valence-electron chi connectivity index (χ3n) is 2.57. The molecule has 0 aliphatic carbocycles. The first-order valence-corrected chi connectivity index (χ1v) is 7.01. The normalized spacial score (nSPS) is 10.7. The summed E-state index contributed by atoms with van der Waals surface area (Å²) in [5, 5.41) is 8.79. The number of hydrogen-bond donors (Lipinski definition) is 1. The van der Waals surface area contributed by atoms with Crippen LogP contribution in [0.25, 0.3) is 0 Å². The number of aryl methyl sites for hydroxylation is 2. The van der Waals surface area contributed by atoms with Gasteiger partial charge in [-0.3, -0.25) is 9.48 Å². The largest absolute Gasteiger partial charge is 0.468 e. The molecule has 0 atom stereocenters. The molecule has 1 aromatic rings. The molecule has 1 aromatic heterocycles. The van der Waals surface area contributed by atoms with Crippen LogP contribution in [0.3, 0.4) is 0 Å². The summed E-state index contributed by atoms with van der Waals surface area (Å²) < 4.78 is 6.48. The first kappa shape index (κ1) is 15.0. The fourth-order valence-corrected chi connectivity index (χ4v) is 2.64. The van der Waals surface area contributed by atoms with Crippen molar-refractivity contribution in [2.24, 2.45) is 7.05 Å². The summed E-state index contributed by atoms with van der Waals surface area (Å²) in [5.74, 6) is 0.0994. The molecule has 1 rings (SSSR count). The van der Waals surface area contributed by atoms with Crippen molar-refractivity contribution < 1.29 is 9.53 Å². The maximum atomic E-state index is 11.2. The van der Waals surface area contributed by atoms with Crippen LogP contribution in [0.15, 0.2) is 5.03 Å². The predicted octanol–water partition coefficient (Wildman–Crippen LogP) is 1.49. The molecule has 102 valence electrons. The van der Waals surface area contributed by atoms with Crippen molar-refractivity contribution >= 4 is 17.7 Å². The minimum absolute atomic E-state index is 0.216. The predicted molar refractivity (Wildman–Crippen MR) is 72.7 cm³/mol. The van der Waals surface area contributed by atoms with Gasteiger partial charge in [0.1, 0.15) is 0 Å². The molecule has 0 fully saturated rings. The van der Waals surface area contributed by atoms with Crippen molar-refractivity contribution in [2.45, 2.75) is 31.8 Å². The highest BCUT2D eigenvalue weighted by Gasteiger charge is 2.14. The highest BCUT2D eigenvalue weighted by atomic mass is 32.2. The lowest BCUT2D eigenvalue weighted by atomic mass is 10.2. The Hall–Kier alpha value is -1.01. The van der Waals surface area contributed by atoms with Gasteiger partial charge in [0.05, 0.1) is 23.6 Å². The SMILES string of the molecule is CCCNCc1c(C)nn(C)c1SCC(=O)OC. The second-order valence-corrected chi connectivity index (χ2v) is 5.00. The Morgan fingerprint density at radius 3 is 2.89 bits per heavy atom. The van der Waals surface area contributed by atoms with E-state index >= 15 is 0 Å². The van der Waals surface area contributed by atoms with E-state index in [2.05, 4.69) is 22.1 Å². The summed E-state index contributed by atoms with van der Waals surface area (Å²) in [4.78, 5) is 11.2. The van der Waals surface area contributed by atoms with E-state index in [1.165, 1.54) is 24.4 Å². The maximum absolute atomic E-state index is 11.2. The molecule has 0 aromatic carbocycles. The number of rotatable bonds is 7. The molecular weight excluding hydrogens is 250 g/mol. The van der Waals surface area contributed by atoms with Crippen LogP contribution in [0.1, 0.15) is 24.6 Å². The molecule has 0 amide bonds. The third kappa shape index (κ3) is 4.03. The number of thioether (sulfide) groups is 1. The van der Waals surface area contributed by atoms with E-state index in [-0.39, 0.29) is 5.97 Å². The van der Waals surface area contributed by atoms with Gasteiger partial charge in [0.25, 0.3) is 0 Å². The van der Waals surface area contributed by atoms with Crippen molar-refractivity contribution in [3.63, 3.8) is 0 Å². The van der Waals surface area contributed by atoms with Gasteiger partial charge in [-0.05, 0) is 19.9 Å². The topological polar surface area (TPSA) is 56.2 Å². The first-order valence-electron chi connectivity index (χ1n) is 6.03. The standard InChI is InChI=1S/C12H21N3O2S/c1-5-6-13-7-10-9(2)14-15(3)12(10)18-8-11(16)17-4/h13H,5-8H2,1-4H3. The summed E-state index contributed by atoms with van der Waals surface area (Å²) in [5.41, 5.74) is 2.17. The van der Waals surface area contributed by atoms with E-state index in [0.717, 1.165) is 30.2 Å². The van der Waals surface area contributed by atoms with Crippen molar-refractivity contribution in [3.05, 3.63) is 11.3 Å². The second kappa shape index (κ2) is 7.43. The van der Waals surface area contributed by atoms with Crippen LogP contribution >= 0.6 is 11.8 Å². The Morgan fingerprint density at radius 2 is 2.28 bits per heavy atom. The monoisotopic (exact) mass is 271 g/mol. The van der Waals surface area contributed by atoms with Crippen LogP contribution < -0.4 is 5.32 Å². The Bertz CT molecular complexity index is 404. The zero-order valence-electron chi connectivity index (χ0n) is 11.4. The van der Waals surface area contributed by atoms with E-state index in [9.17, 15) is 4.79 Å². The Morgan fingerprint density at radius 1 is 1.56 bits per heavy atom. The Balaban J connectivity index is 2.72. The minimum atomic E-state index is -0.216. The van der Waals surface area contributed by atoms with Gasteiger partial charge in [-0.15, -0.1) is 0 Å². The zero-order valence-corrected chi connectivity index (χ0v) is 12.3. The molecule has 0 aliphatic heterocycles. The quantitative estimate of drug-likeness (QED) is 0.462. The molecule has 0 saturated heterocycles. The highest BCUT2D eigenvalue weighted by molar-refractivity contribution is 7.99. The van der Waals surface area contributed by atoms with E-state index in [1.54, 1.807) is 0 Å². The number of carbonyl (C=O) groups excluding carboxylic acids is 1. The van der Waals surface area contributed by atoms with Gasteiger partial charge in [-0.25, -0.2) is 0 Å². The Kier molecular flexibility index (Phi) is 6.21. The lowest BCUT2D eigenvalue weighted by Crippen LogP contribution is -2.15. The fraction of sp³-hybridized carbons (Fsp3) is 0.667. The smallest absolute Gasteiger partial charge is 0.316 e. The second-order valence-electron chi connectivity index (χ2n) is 4.03. The molecule has 1 heterocycles. The maximum Gasteiger partial charge on any atom is 0.316 e. The van der Waals surface area contributed by atoms with Crippen LogP contribution in [0.4, 0.5) is 0 Å². The van der Waals surface area contributed by atoms with Crippen LogP contribution in [0, 0.1) is 6.92 Å². The van der Waals surface area contributed by atoms with Crippen molar-refractivity contribution in [2.75, 3.05) is 19.4 Å². The molecule has 0 bridgehead atoms. The Labute approximate surface area is 112 Å². The van der Waals surface area contributed by atoms with Crippen molar-refractivity contribution in [1.82, 2.24) is 15.1 Å². The number of carbonyl (C=O) groups is 1. The van der Waals surface area contributed by atoms with Gasteiger partial charge in [-0.1, -0.05) is 18.7 Å². The number of ether oxygens (including phenoxy) is 1. The molecule has 0 spiro atoms. The number of aromatic nitrogens is 2. The number of nitrogens with zero attached hydrogens (tertiary/aromatic N) is 2. The summed E-state index contributed by atoms with van der Waals surface area (Å²) in [6, 6.07) is 0. The highest BCUT2D eigenvalue weighted by Crippen LogP contribution is 2.24. The van der Waals surface area contributed by atoms with Crippen LogP contribution in [-0.4, -0.2) is 35.2 Å². The van der Waals surface area contributed by atoms with Gasteiger partial charge in [-0.2, -0.15) is 5.10 Å². The lowest BCUT2D eigenvalue weighted by Gasteiger charge is -2.06. The number of methoxy groups -OCH3 is 1. The van der Waals surface area contributed by atoms with E-state index in [0.29, 0.717) is 5.75 Å². The van der Waals surface area contributed by atoms with Gasteiger partial charge < -0.3 is 10.1 Å². The molecule has 1 N–H and O–H groups in total. The molecule has 5 nitrogen and oxygen atoms in total. The third-order valence-corrected chi connectivity index (χ3v) is 3.74. The fourth-order valence-electron chi connectivity index (χ4n) is 1.64. The van der Waals surface area contributed by atoms with Crippen molar-refractivity contribution in [1.29, 1.82) is 0 Å². The molecule has 0 saturated carbocycles. The van der Waals surface area contributed by atoms with Gasteiger partial charge in [0.2, 0.25) is 0 Å². The van der Waals surface area contributed by atoms with Crippen LogP contribution in [0.2, 0.25) is 0 Å². The molecule has 0 unspecified atom stereocenters. The van der Waals surface area contributed by atoms with E-state index in [1.807, 2.05) is 18.7 Å². The van der Waals surface area contributed by atoms with Crippen molar-refractivity contribution in [3.8, 4) is 0 Å². The van der Waals surface area contributed by atoms with Crippen LogP contribution in [-0.2, 0) is 23.1 Å². The van der Waals surface area contributed by atoms with E-state index < -0.39 is 0 Å². The molecular formula is C12H21N3O2S. The first-order chi connectivity index (χ1) is 8.60. The van der Waals surface area contributed by atoms with Gasteiger partial charge >= 0.3 is 5.97 Å². The molecule has 6 heteroatoms. The number of hydrogen-bond acceptors (Lipinski definition) is 5. The zero-order chi connectivity index (χ0) is 13.5. The van der Waals surface area contributed by atoms with Gasteiger partial charge in [0, 0.05) is 19.2 Å². The van der Waals surface area contributed by atoms with Gasteiger partial charge in [0.15, 0.2) is 0 Å². The summed E-state index contributed by atoms with van der Waals surface area (Å²) >= 11 is 1.47.